The van der Waals surface area contributed by atoms with Crippen molar-refractivity contribution in [2.75, 3.05) is 6.61 Å². The Kier molecular flexibility index (Phi) is 5.75. The van der Waals surface area contributed by atoms with E-state index in [-0.39, 0.29) is 19.1 Å². The number of ether oxygens (including phenoxy) is 2. The van der Waals surface area contributed by atoms with E-state index >= 15 is 0 Å². The maximum absolute atomic E-state index is 12.0. The topological polar surface area (TPSA) is 90.7 Å². The number of esters is 1. The molecule has 1 amide bonds. The first-order valence-corrected chi connectivity index (χ1v) is 7.73. The summed E-state index contributed by atoms with van der Waals surface area (Å²) < 4.78 is 32.6. The van der Waals surface area contributed by atoms with E-state index in [1.807, 2.05) is 13.8 Å². The Labute approximate surface area is 136 Å². The van der Waals surface area contributed by atoms with Crippen LogP contribution in [0.2, 0.25) is 0 Å². The van der Waals surface area contributed by atoms with Crippen molar-refractivity contribution in [1.29, 1.82) is 0 Å². The summed E-state index contributed by atoms with van der Waals surface area (Å²) in [5.74, 6) is -1.56. The molecule has 0 heterocycles. The van der Waals surface area contributed by atoms with E-state index in [0.29, 0.717) is 5.57 Å². The van der Waals surface area contributed by atoms with Crippen molar-refractivity contribution in [1.82, 2.24) is 5.32 Å². The number of hydrogen-bond acceptors (Lipinski definition) is 5. The average Bonchev–Trinajstić information content (AvgIpc) is 2.54. The summed E-state index contributed by atoms with van der Waals surface area (Å²) in [5, 5.41) is 2.46. The Balaban J connectivity index is 3.07. The highest BCUT2D eigenvalue weighted by molar-refractivity contribution is 5.89. The molecule has 0 unspecified atom stereocenters. The maximum atomic E-state index is 12.0. The van der Waals surface area contributed by atoms with E-state index in [0.717, 1.165) is 12.8 Å². The molecule has 0 aromatic heterocycles. The van der Waals surface area contributed by atoms with Crippen molar-refractivity contribution < 1.29 is 23.2 Å². The number of rotatable bonds is 7. The van der Waals surface area contributed by atoms with Crippen LogP contribution in [-0.2, 0) is 19.1 Å². The van der Waals surface area contributed by atoms with Gasteiger partial charge in [0.1, 0.15) is 0 Å². The van der Waals surface area contributed by atoms with Crippen LogP contribution in [0.25, 0.3) is 0 Å². The molecule has 0 saturated carbocycles. The standard InChI is InChI=1S/C16H28N2O4/c1-5-12(6-2)22-14-9-11(16(20)21-7-3)8-13(17)15(14)18-10(4)19/h9,12-15H,5-8,17H2,1-4H3,(H,18,19)/t13-,14+,15-/m1/s1/i4D3. The Bertz CT molecular complexity index is 504. The summed E-state index contributed by atoms with van der Waals surface area (Å²) in [4.78, 5) is 23.9. The smallest absolute Gasteiger partial charge is 0.333 e. The van der Waals surface area contributed by atoms with Crippen LogP contribution in [0.3, 0.4) is 0 Å². The summed E-state index contributed by atoms with van der Waals surface area (Å²) >= 11 is 0. The van der Waals surface area contributed by atoms with Gasteiger partial charge in [-0.3, -0.25) is 4.79 Å². The number of carbonyl (C=O) groups excluding carboxylic acids is 2. The number of carbonyl (C=O) groups is 2. The fraction of sp³-hybridized carbons (Fsp3) is 0.750. The lowest BCUT2D eigenvalue weighted by atomic mass is 9.88. The van der Waals surface area contributed by atoms with Gasteiger partial charge in [0, 0.05) is 22.6 Å². The van der Waals surface area contributed by atoms with Crippen molar-refractivity contribution in [3.63, 3.8) is 0 Å². The van der Waals surface area contributed by atoms with E-state index in [2.05, 4.69) is 5.32 Å². The molecule has 22 heavy (non-hydrogen) atoms. The zero-order valence-electron chi connectivity index (χ0n) is 16.4. The first-order chi connectivity index (χ1) is 11.6. The van der Waals surface area contributed by atoms with Crippen molar-refractivity contribution in [3.8, 4) is 0 Å². The molecule has 1 aliphatic rings. The first-order valence-electron chi connectivity index (χ1n) is 9.23. The third-order valence-corrected chi connectivity index (χ3v) is 3.73. The van der Waals surface area contributed by atoms with Crippen LogP contribution < -0.4 is 11.1 Å². The third kappa shape index (κ3) is 5.10. The minimum atomic E-state index is -2.77. The zero-order chi connectivity index (χ0) is 19.2. The highest BCUT2D eigenvalue weighted by Gasteiger charge is 2.35. The Morgan fingerprint density at radius 1 is 1.45 bits per heavy atom. The van der Waals surface area contributed by atoms with Crippen molar-refractivity contribution in [2.24, 2.45) is 5.73 Å². The van der Waals surface area contributed by atoms with Crippen LogP contribution >= 0.6 is 0 Å². The van der Waals surface area contributed by atoms with Crippen LogP contribution in [-0.4, -0.2) is 42.8 Å². The minimum absolute atomic E-state index is 0.0952. The molecule has 6 heteroatoms. The van der Waals surface area contributed by atoms with E-state index in [4.69, 9.17) is 19.3 Å². The lowest BCUT2D eigenvalue weighted by Gasteiger charge is -2.36. The highest BCUT2D eigenvalue weighted by atomic mass is 16.5. The van der Waals surface area contributed by atoms with Gasteiger partial charge in [0.25, 0.3) is 0 Å². The summed E-state index contributed by atoms with van der Waals surface area (Å²) in [7, 11) is 0. The fourth-order valence-corrected chi connectivity index (χ4v) is 2.54. The third-order valence-electron chi connectivity index (χ3n) is 3.73. The monoisotopic (exact) mass is 315 g/mol. The average molecular weight is 315 g/mol. The van der Waals surface area contributed by atoms with E-state index < -0.39 is 36.9 Å². The summed E-state index contributed by atoms with van der Waals surface area (Å²) in [6, 6.07) is -1.39. The molecule has 1 rings (SSSR count). The largest absolute Gasteiger partial charge is 0.463 e. The van der Waals surface area contributed by atoms with Crippen molar-refractivity contribution >= 4 is 11.9 Å². The Morgan fingerprint density at radius 3 is 2.68 bits per heavy atom. The van der Waals surface area contributed by atoms with Gasteiger partial charge in [0.15, 0.2) is 0 Å². The van der Waals surface area contributed by atoms with E-state index in [9.17, 15) is 9.59 Å². The normalized spacial score (nSPS) is 27.4. The number of nitrogens with two attached hydrogens (primary N) is 1. The van der Waals surface area contributed by atoms with Crippen LogP contribution in [0.1, 0.15) is 51.0 Å². The molecule has 1 aliphatic carbocycles. The van der Waals surface area contributed by atoms with Gasteiger partial charge >= 0.3 is 5.97 Å². The van der Waals surface area contributed by atoms with Gasteiger partial charge < -0.3 is 20.5 Å². The Hall–Kier alpha value is -1.40. The number of amides is 1. The van der Waals surface area contributed by atoms with Gasteiger partial charge in [0.2, 0.25) is 5.91 Å². The van der Waals surface area contributed by atoms with Crippen LogP contribution in [0.4, 0.5) is 0 Å². The molecule has 0 saturated heterocycles. The molecule has 0 aromatic rings. The SMILES string of the molecule is [2H]C([2H])([2H])C(=O)N[C@@H]1[C@H](N)CC(C(=O)OCC)=C[C@@H]1OC(CC)CC. The van der Waals surface area contributed by atoms with Crippen LogP contribution in [0.5, 0.6) is 0 Å². The zero-order valence-corrected chi connectivity index (χ0v) is 13.4. The molecule has 0 bridgehead atoms. The summed E-state index contributed by atoms with van der Waals surface area (Å²) in [6.07, 6.45) is 2.45. The molecular weight excluding hydrogens is 284 g/mol. The summed E-state index contributed by atoms with van der Waals surface area (Å²) in [6.45, 7) is 3.09. The van der Waals surface area contributed by atoms with Gasteiger partial charge in [-0.1, -0.05) is 13.8 Å². The minimum Gasteiger partial charge on any atom is -0.463 e. The van der Waals surface area contributed by atoms with Gasteiger partial charge in [-0.15, -0.1) is 0 Å². The second-order valence-corrected chi connectivity index (χ2v) is 5.32. The van der Waals surface area contributed by atoms with E-state index in [1.54, 1.807) is 13.0 Å². The molecule has 3 atom stereocenters. The van der Waals surface area contributed by atoms with Crippen molar-refractivity contribution in [3.05, 3.63) is 11.6 Å². The first kappa shape index (κ1) is 14.2. The molecule has 0 aliphatic heterocycles. The molecule has 126 valence electrons. The fourth-order valence-electron chi connectivity index (χ4n) is 2.54. The van der Waals surface area contributed by atoms with Gasteiger partial charge in [-0.25, -0.2) is 4.79 Å². The molecule has 0 aromatic carbocycles. The van der Waals surface area contributed by atoms with Crippen LogP contribution in [0, 0.1) is 0 Å². The second kappa shape index (κ2) is 8.90. The van der Waals surface area contributed by atoms with Gasteiger partial charge in [-0.2, -0.15) is 0 Å². The Morgan fingerprint density at radius 2 is 2.14 bits per heavy atom. The van der Waals surface area contributed by atoms with Crippen LogP contribution in [0.15, 0.2) is 11.6 Å². The lowest BCUT2D eigenvalue weighted by molar-refractivity contribution is -0.139. The molecule has 0 spiro atoms. The second-order valence-electron chi connectivity index (χ2n) is 5.32. The van der Waals surface area contributed by atoms with Crippen molar-refractivity contribution in [2.45, 2.75) is 71.2 Å². The maximum Gasteiger partial charge on any atom is 0.333 e. The predicted molar refractivity (Wildman–Crippen MR) is 84.2 cm³/mol. The predicted octanol–water partition coefficient (Wildman–Crippen LogP) is 1.29. The molecule has 6 nitrogen and oxygen atoms in total. The van der Waals surface area contributed by atoms with Gasteiger partial charge in [0.05, 0.1) is 24.9 Å². The molecule has 3 N–H and O–H groups in total. The summed E-state index contributed by atoms with van der Waals surface area (Å²) in [5.41, 5.74) is 6.50. The van der Waals surface area contributed by atoms with E-state index in [1.165, 1.54) is 0 Å². The highest BCUT2D eigenvalue weighted by Crippen LogP contribution is 2.24. The molecular formula is C16H28N2O4. The quantitative estimate of drug-likeness (QED) is 0.691. The number of hydrogen-bond donors (Lipinski definition) is 2. The molecule has 0 fully saturated rings. The molecule has 0 radical (unpaired) electrons. The lowest BCUT2D eigenvalue weighted by Crippen LogP contribution is -2.57. The number of nitrogens with one attached hydrogen (secondary N) is 1. The van der Waals surface area contributed by atoms with Gasteiger partial charge in [-0.05, 0) is 32.3 Å².